The number of carboxylic acids is 1. The van der Waals surface area contributed by atoms with Gasteiger partial charge < -0.3 is 14.7 Å². The molecule has 0 aromatic heterocycles. The monoisotopic (exact) mass is 347 g/mol. The zero-order chi connectivity index (χ0) is 16.7. The third kappa shape index (κ3) is 6.22. The van der Waals surface area contributed by atoms with Crippen molar-refractivity contribution in [3.05, 3.63) is 29.8 Å². The van der Waals surface area contributed by atoms with Crippen LogP contribution in [0.15, 0.2) is 24.3 Å². The quantitative estimate of drug-likeness (QED) is 0.549. The van der Waals surface area contributed by atoms with E-state index < -0.39 is 23.3 Å². The molecule has 0 saturated carbocycles. The summed E-state index contributed by atoms with van der Waals surface area (Å²) in [7, 11) is 3.84. The summed E-state index contributed by atoms with van der Waals surface area (Å²) >= 11 is 12.3. The van der Waals surface area contributed by atoms with Crippen LogP contribution < -0.4 is 4.74 Å². The predicted octanol–water partition coefficient (Wildman–Crippen LogP) is 2.50. The standard InChI is InChI=1S/C15H19Cl2NO4/c1-18(2)8-7-12(16)14(17)15(21)10-3-5-11(6-4-10)22-9-13(19)20/h3-6,12,14H,7-9H2,1-2H3,(H,19,20). The number of nitrogens with zero attached hydrogens (tertiary/aromatic N) is 1. The van der Waals surface area contributed by atoms with Gasteiger partial charge in [-0.2, -0.15) is 0 Å². The smallest absolute Gasteiger partial charge is 0.341 e. The number of hydrogen-bond donors (Lipinski definition) is 1. The van der Waals surface area contributed by atoms with Crippen molar-refractivity contribution >= 4 is 35.0 Å². The second-order valence-electron chi connectivity index (χ2n) is 5.08. The number of rotatable bonds is 9. The number of Topliss-reactive ketones (excluding diaryl/α,β-unsaturated/α-hetero) is 1. The molecule has 1 N–H and O–H groups in total. The van der Waals surface area contributed by atoms with Crippen LogP contribution in [0.3, 0.4) is 0 Å². The predicted molar refractivity (Wildman–Crippen MR) is 86.4 cm³/mol. The summed E-state index contributed by atoms with van der Waals surface area (Å²) in [6, 6.07) is 6.15. The SMILES string of the molecule is CN(C)CCC(Cl)C(Cl)C(=O)c1ccc(OCC(=O)O)cc1. The van der Waals surface area contributed by atoms with Crippen molar-refractivity contribution in [3.8, 4) is 5.75 Å². The Kier molecular flexibility index (Phi) is 7.65. The lowest BCUT2D eigenvalue weighted by Gasteiger charge is -2.17. The van der Waals surface area contributed by atoms with E-state index in [0.29, 0.717) is 17.7 Å². The fourth-order valence-corrected chi connectivity index (χ4v) is 2.18. The molecule has 0 radical (unpaired) electrons. The van der Waals surface area contributed by atoms with E-state index in [4.69, 9.17) is 33.0 Å². The molecule has 0 saturated heterocycles. The molecule has 5 nitrogen and oxygen atoms in total. The van der Waals surface area contributed by atoms with Crippen molar-refractivity contribution in [2.45, 2.75) is 17.2 Å². The molecule has 0 aliphatic carbocycles. The molecule has 0 amide bonds. The molecule has 0 heterocycles. The van der Waals surface area contributed by atoms with E-state index >= 15 is 0 Å². The lowest BCUT2D eigenvalue weighted by molar-refractivity contribution is -0.139. The molecule has 1 aromatic carbocycles. The molecular weight excluding hydrogens is 329 g/mol. The molecule has 1 rings (SSSR count). The Bertz CT molecular complexity index is 505. The first kappa shape index (κ1) is 18.7. The van der Waals surface area contributed by atoms with Crippen molar-refractivity contribution in [1.82, 2.24) is 4.90 Å². The summed E-state index contributed by atoms with van der Waals surface area (Å²) in [4.78, 5) is 24.6. The Morgan fingerprint density at radius 1 is 1.23 bits per heavy atom. The summed E-state index contributed by atoms with van der Waals surface area (Å²) in [5.41, 5.74) is 0.415. The van der Waals surface area contributed by atoms with Crippen LogP contribution in [0.5, 0.6) is 5.75 Å². The van der Waals surface area contributed by atoms with E-state index in [-0.39, 0.29) is 5.78 Å². The summed E-state index contributed by atoms with van der Waals surface area (Å²) in [6.07, 6.45) is 0.605. The average molecular weight is 348 g/mol. The molecule has 7 heteroatoms. The molecule has 2 unspecified atom stereocenters. The second-order valence-corrected chi connectivity index (χ2v) is 6.11. The Hall–Kier alpha value is -1.30. The van der Waals surface area contributed by atoms with Gasteiger partial charge >= 0.3 is 5.97 Å². The van der Waals surface area contributed by atoms with Gasteiger partial charge in [0.25, 0.3) is 0 Å². The van der Waals surface area contributed by atoms with Crippen LogP contribution >= 0.6 is 23.2 Å². The van der Waals surface area contributed by atoms with Gasteiger partial charge in [0.2, 0.25) is 0 Å². The fraction of sp³-hybridized carbons (Fsp3) is 0.467. The van der Waals surface area contributed by atoms with Crippen molar-refractivity contribution in [1.29, 1.82) is 0 Å². The zero-order valence-electron chi connectivity index (χ0n) is 12.5. The van der Waals surface area contributed by atoms with Gasteiger partial charge in [0.15, 0.2) is 12.4 Å². The first-order valence-electron chi connectivity index (χ1n) is 6.73. The van der Waals surface area contributed by atoms with E-state index in [1.54, 1.807) is 12.1 Å². The minimum absolute atomic E-state index is 0.259. The van der Waals surface area contributed by atoms with Gasteiger partial charge in [0.05, 0.1) is 5.38 Å². The molecule has 0 spiro atoms. The summed E-state index contributed by atoms with van der Waals surface area (Å²) in [5, 5.41) is 7.25. The molecule has 2 atom stereocenters. The minimum atomic E-state index is -1.06. The Labute approximate surface area is 139 Å². The maximum atomic E-state index is 12.2. The van der Waals surface area contributed by atoms with E-state index in [0.717, 1.165) is 6.54 Å². The van der Waals surface area contributed by atoms with E-state index in [2.05, 4.69) is 0 Å². The number of ketones is 1. The molecule has 1 aromatic rings. The zero-order valence-corrected chi connectivity index (χ0v) is 14.0. The highest BCUT2D eigenvalue weighted by molar-refractivity contribution is 6.39. The van der Waals surface area contributed by atoms with E-state index in [9.17, 15) is 9.59 Å². The highest BCUT2D eigenvalue weighted by Gasteiger charge is 2.25. The number of hydrogen-bond acceptors (Lipinski definition) is 4. The van der Waals surface area contributed by atoms with Gasteiger partial charge in [0.1, 0.15) is 11.1 Å². The number of aliphatic carboxylic acids is 1. The third-order valence-corrected chi connectivity index (χ3v) is 4.02. The maximum absolute atomic E-state index is 12.2. The number of ether oxygens (including phenoxy) is 1. The van der Waals surface area contributed by atoms with Crippen molar-refractivity contribution in [2.75, 3.05) is 27.2 Å². The highest BCUT2D eigenvalue weighted by Crippen LogP contribution is 2.21. The average Bonchev–Trinajstić information content (AvgIpc) is 2.49. The van der Waals surface area contributed by atoms with Crippen LogP contribution in [0.25, 0.3) is 0 Å². The molecule has 0 aliphatic rings. The number of alkyl halides is 2. The topological polar surface area (TPSA) is 66.8 Å². The molecule has 0 bridgehead atoms. The first-order valence-corrected chi connectivity index (χ1v) is 7.60. The van der Waals surface area contributed by atoms with Crippen LogP contribution in [0.2, 0.25) is 0 Å². The van der Waals surface area contributed by atoms with Crippen LogP contribution in [0, 0.1) is 0 Å². The van der Waals surface area contributed by atoms with Crippen LogP contribution in [0.1, 0.15) is 16.8 Å². The number of carbonyl (C=O) groups excluding carboxylic acids is 1. The molecule has 22 heavy (non-hydrogen) atoms. The number of halogens is 2. The highest BCUT2D eigenvalue weighted by atomic mass is 35.5. The number of carbonyl (C=O) groups is 2. The van der Waals surface area contributed by atoms with Gasteiger partial charge in [-0.3, -0.25) is 4.79 Å². The summed E-state index contributed by atoms with van der Waals surface area (Å²) in [6.45, 7) is 0.312. The number of carboxylic acid groups (broad SMARTS) is 1. The Morgan fingerprint density at radius 3 is 2.32 bits per heavy atom. The van der Waals surface area contributed by atoms with Gasteiger partial charge in [-0.25, -0.2) is 4.79 Å². The van der Waals surface area contributed by atoms with Gasteiger partial charge in [-0.1, -0.05) is 0 Å². The van der Waals surface area contributed by atoms with Crippen LogP contribution in [-0.2, 0) is 4.79 Å². The summed E-state index contributed by atoms with van der Waals surface area (Å²) < 4.78 is 5.00. The Balaban J connectivity index is 2.62. The lowest BCUT2D eigenvalue weighted by Crippen LogP contribution is -2.28. The van der Waals surface area contributed by atoms with Crippen molar-refractivity contribution in [3.63, 3.8) is 0 Å². The Morgan fingerprint density at radius 2 is 1.82 bits per heavy atom. The van der Waals surface area contributed by atoms with Gasteiger partial charge in [0, 0.05) is 5.56 Å². The van der Waals surface area contributed by atoms with Crippen molar-refractivity contribution in [2.24, 2.45) is 0 Å². The molecular formula is C15H19Cl2NO4. The second kappa shape index (κ2) is 8.98. The van der Waals surface area contributed by atoms with Gasteiger partial charge in [-0.05, 0) is 51.3 Å². The minimum Gasteiger partial charge on any atom is -0.482 e. The summed E-state index contributed by atoms with van der Waals surface area (Å²) in [5.74, 6) is -0.947. The van der Waals surface area contributed by atoms with Crippen molar-refractivity contribution < 1.29 is 19.4 Å². The van der Waals surface area contributed by atoms with E-state index in [1.807, 2.05) is 19.0 Å². The van der Waals surface area contributed by atoms with E-state index in [1.165, 1.54) is 12.1 Å². The van der Waals surface area contributed by atoms with Gasteiger partial charge in [-0.15, -0.1) is 23.2 Å². The van der Waals surface area contributed by atoms with Crippen LogP contribution in [0.4, 0.5) is 0 Å². The largest absolute Gasteiger partial charge is 0.482 e. The first-order chi connectivity index (χ1) is 10.3. The normalized spacial score (nSPS) is 13.7. The molecule has 122 valence electrons. The fourth-order valence-electron chi connectivity index (χ4n) is 1.71. The molecule has 0 aliphatic heterocycles. The maximum Gasteiger partial charge on any atom is 0.341 e. The number of benzene rings is 1. The molecule has 0 fully saturated rings. The lowest BCUT2D eigenvalue weighted by atomic mass is 10.0. The third-order valence-electron chi connectivity index (χ3n) is 2.92. The van der Waals surface area contributed by atoms with Crippen LogP contribution in [-0.4, -0.2) is 59.8 Å².